The zero-order chi connectivity index (χ0) is 63.5. The van der Waals surface area contributed by atoms with Gasteiger partial charge in [0.2, 0.25) is 0 Å². The summed E-state index contributed by atoms with van der Waals surface area (Å²) in [5, 5.41) is 4.54. The summed E-state index contributed by atoms with van der Waals surface area (Å²) in [4.78, 5) is 48.3. The fourth-order valence-electron chi connectivity index (χ4n) is 12.3. The maximum absolute atomic E-state index is 5.15. The molecular weight excluding hydrogens is 1150 g/mol. The normalized spacial score (nSPS) is 11.3. The molecule has 0 bridgehead atoms. The molecule has 0 atom stereocenters. The third-order valence-electron chi connectivity index (χ3n) is 17.3. The minimum absolute atomic E-state index is 0.679. The van der Waals surface area contributed by atoms with Crippen LogP contribution >= 0.6 is 0 Å². The first-order chi connectivity index (χ1) is 46.2. The molecule has 94 heavy (non-hydrogen) atoms. The number of benzene rings is 8. The number of aryl methyl sites for hydroxylation is 4. The predicted molar refractivity (Wildman–Crippen MR) is 383 cm³/mol. The summed E-state index contributed by atoms with van der Waals surface area (Å²) in [6, 6.07) is 88.0. The summed E-state index contributed by atoms with van der Waals surface area (Å²) < 4.78 is 0. The molecule has 0 radical (unpaired) electrons. The maximum Gasteiger partial charge on any atom is 0.160 e. The average Bonchev–Trinajstić information content (AvgIpc) is 0.783. The van der Waals surface area contributed by atoms with Crippen LogP contribution in [0.15, 0.2) is 280 Å². The van der Waals surface area contributed by atoms with Crippen LogP contribution in [0.2, 0.25) is 0 Å². The molecule has 10 heteroatoms. The van der Waals surface area contributed by atoms with E-state index in [0.717, 1.165) is 163 Å². The van der Waals surface area contributed by atoms with Gasteiger partial charge >= 0.3 is 0 Å². The molecule has 8 heterocycles. The van der Waals surface area contributed by atoms with Crippen LogP contribution in [0.1, 0.15) is 36.4 Å². The molecular formula is C84H62N10. The molecule has 0 spiro atoms. The van der Waals surface area contributed by atoms with Gasteiger partial charge < -0.3 is 0 Å². The van der Waals surface area contributed by atoms with Crippen molar-refractivity contribution in [3.05, 3.63) is 302 Å². The molecule has 10 nitrogen and oxygen atoms in total. The van der Waals surface area contributed by atoms with Crippen molar-refractivity contribution in [3.63, 3.8) is 0 Å². The smallest absolute Gasteiger partial charge is 0.160 e. The van der Waals surface area contributed by atoms with Crippen molar-refractivity contribution in [1.29, 1.82) is 0 Å². The van der Waals surface area contributed by atoms with Crippen molar-refractivity contribution in [3.8, 4) is 113 Å². The number of aromatic nitrogens is 10. The molecule has 16 aromatic rings. The third kappa shape index (κ3) is 12.0. The zero-order valence-corrected chi connectivity index (χ0v) is 52.4. The minimum atomic E-state index is 0.679. The summed E-state index contributed by atoms with van der Waals surface area (Å²) in [5.41, 5.74) is 26.5. The molecule has 0 fully saturated rings. The fraction of sp³-hybridized carbons (Fsp3) is 0.0714. The average molecular weight is 1210 g/mol. The monoisotopic (exact) mass is 1210 g/mol. The number of hydrogen-bond acceptors (Lipinski definition) is 10. The molecule has 0 saturated heterocycles. The van der Waals surface area contributed by atoms with Gasteiger partial charge in [-0.25, -0.2) is 29.9 Å². The van der Waals surface area contributed by atoms with Gasteiger partial charge in [0.25, 0.3) is 0 Å². The summed E-state index contributed by atoms with van der Waals surface area (Å²) in [5.74, 6) is 1.37. The van der Waals surface area contributed by atoms with Crippen LogP contribution < -0.4 is 0 Å². The Kier molecular flexibility index (Phi) is 15.9. The lowest BCUT2D eigenvalue weighted by Gasteiger charge is -2.11. The first-order valence-electron chi connectivity index (χ1n) is 31.8. The quantitative estimate of drug-likeness (QED) is 0.109. The van der Waals surface area contributed by atoms with Gasteiger partial charge in [0, 0.05) is 102 Å². The van der Waals surface area contributed by atoms with E-state index in [1.807, 2.05) is 98.0 Å². The van der Waals surface area contributed by atoms with Crippen LogP contribution in [0.3, 0.4) is 0 Å². The number of fused-ring (bicyclic) bond motifs is 6. The largest absolute Gasteiger partial charge is 0.265 e. The van der Waals surface area contributed by atoms with Crippen molar-refractivity contribution < 1.29 is 0 Å². The number of rotatable bonds is 12. The summed E-state index contributed by atoms with van der Waals surface area (Å²) in [7, 11) is 0. The van der Waals surface area contributed by atoms with Gasteiger partial charge in [0.1, 0.15) is 0 Å². The molecule has 0 aliphatic heterocycles. The first-order valence-corrected chi connectivity index (χ1v) is 31.8. The van der Waals surface area contributed by atoms with Crippen molar-refractivity contribution in [1.82, 2.24) is 49.8 Å². The lowest BCUT2D eigenvalue weighted by molar-refractivity contribution is 1.03. The Morgan fingerprint density at radius 3 is 1.18 bits per heavy atom. The van der Waals surface area contributed by atoms with E-state index in [1.165, 1.54) is 16.5 Å². The molecule has 0 unspecified atom stereocenters. The van der Waals surface area contributed by atoms with Gasteiger partial charge in [-0.1, -0.05) is 208 Å². The van der Waals surface area contributed by atoms with Gasteiger partial charge in [-0.05, 0) is 121 Å². The molecule has 8 aromatic carbocycles. The van der Waals surface area contributed by atoms with Crippen LogP contribution in [0.4, 0.5) is 0 Å². The highest BCUT2D eigenvalue weighted by Gasteiger charge is 2.16. The van der Waals surface area contributed by atoms with Crippen LogP contribution in [0, 0.1) is 13.8 Å². The van der Waals surface area contributed by atoms with E-state index < -0.39 is 0 Å². The molecule has 0 saturated carbocycles. The van der Waals surface area contributed by atoms with Gasteiger partial charge in [0.05, 0.1) is 56.2 Å². The molecule has 0 aliphatic rings. The van der Waals surface area contributed by atoms with E-state index in [1.54, 1.807) is 18.6 Å². The van der Waals surface area contributed by atoms with Crippen LogP contribution in [0.25, 0.3) is 156 Å². The fourth-order valence-corrected chi connectivity index (χ4v) is 12.3. The van der Waals surface area contributed by atoms with E-state index in [4.69, 9.17) is 39.9 Å². The summed E-state index contributed by atoms with van der Waals surface area (Å²) >= 11 is 0. The van der Waals surface area contributed by atoms with Crippen molar-refractivity contribution in [2.24, 2.45) is 0 Å². The molecule has 0 aliphatic carbocycles. The number of nitrogens with zero attached hydrogens (tertiary/aromatic N) is 10. The predicted octanol–water partition coefficient (Wildman–Crippen LogP) is 20.3. The highest BCUT2D eigenvalue weighted by Crippen LogP contribution is 2.36. The second kappa shape index (κ2) is 25.6. The van der Waals surface area contributed by atoms with Crippen molar-refractivity contribution in [2.75, 3.05) is 0 Å². The van der Waals surface area contributed by atoms with Crippen molar-refractivity contribution >= 4 is 43.6 Å². The second-order valence-electron chi connectivity index (χ2n) is 23.5. The van der Waals surface area contributed by atoms with Crippen LogP contribution in [-0.4, -0.2) is 49.8 Å². The van der Waals surface area contributed by atoms with Crippen LogP contribution in [-0.2, 0) is 12.8 Å². The third-order valence-corrected chi connectivity index (χ3v) is 17.3. The topological polar surface area (TPSA) is 129 Å². The van der Waals surface area contributed by atoms with E-state index >= 15 is 0 Å². The Balaban J connectivity index is 0.000000155. The highest BCUT2D eigenvalue weighted by atomic mass is 14.9. The number of pyridine rings is 6. The zero-order valence-electron chi connectivity index (χ0n) is 52.4. The first kappa shape index (κ1) is 58.2. The maximum atomic E-state index is 5.15. The van der Waals surface area contributed by atoms with Gasteiger partial charge in [-0.2, -0.15) is 0 Å². The Morgan fingerprint density at radius 2 is 0.681 bits per heavy atom. The highest BCUT2D eigenvalue weighted by molar-refractivity contribution is 6.06. The Bertz CT molecular complexity index is 5310. The number of hydrogen-bond donors (Lipinski definition) is 0. The minimum Gasteiger partial charge on any atom is -0.265 e. The molecule has 0 N–H and O–H groups in total. The van der Waals surface area contributed by atoms with E-state index in [9.17, 15) is 0 Å². The summed E-state index contributed by atoms with van der Waals surface area (Å²) in [6.45, 7) is 8.53. The lowest BCUT2D eigenvalue weighted by atomic mass is 9.99. The van der Waals surface area contributed by atoms with E-state index in [-0.39, 0.29) is 0 Å². The van der Waals surface area contributed by atoms with E-state index in [0.29, 0.717) is 11.6 Å². The molecule has 8 aromatic heterocycles. The van der Waals surface area contributed by atoms with E-state index in [2.05, 4.69) is 201 Å². The standard InChI is InChI=1S/C43H33N5.C41H29N5/c1-3-28-25-36(4-2)45-42-37(28)22-20-33-21-23-38(46-41(33)42)32-16-12-29(13-17-32)30-14-18-34(19-15-30)43-47-39(31-9-6-5-7-10-31)26-40(48-43)35-11-8-24-44-27-35;1-26-24-27(2)43-40-35(26)18-16-33-17-19-36(44-39(33)40)30-12-8-28(9-13-30)29-10-14-31(15-11-29)37-25-38(32-20-22-42-23-21-32)46-41(45-37)34-6-4-3-5-7-34/h5-27H,3-4H2,1-2H3;3-25H,1-2H3. The Labute approximate surface area is 545 Å². The van der Waals surface area contributed by atoms with Crippen molar-refractivity contribution in [2.45, 2.75) is 40.5 Å². The molecule has 0 amide bonds. The Hall–Kier alpha value is -12.1. The molecule has 448 valence electrons. The lowest BCUT2D eigenvalue weighted by Crippen LogP contribution is -1.96. The second-order valence-corrected chi connectivity index (χ2v) is 23.5. The van der Waals surface area contributed by atoms with Gasteiger partial charge in [-0.15, -0.1) is 0 Å². The summed E-state index contributed by atoms with van der Waals surface area (Å²) in [6.07, 6.45) is 9.06. The Morgan fingerprint density at radius 1 is 0.266 bits per heavy atom. The molecule has 16 rings (SSSR count). The van der Waals surface area contributed by atoms with Gasteiger partial charge in [0.15, 0.2) is 11.6 Å². The van der Waals surface area contributed by atoms with Crippen LogP contribution in [0.5, 0.6) is 0 Å². The SMILES string of the molecule is CCc1cc(CC)c2ccc3ccc(-c4ccc(-c5ccc(-c6nc(-c7ccccc7)cc(-c7cccnc7)n6)cc5)cc4)nc3c2n1.Cc1cc(C)c2ccc3ccc(-c4ccc(-c5ccc(-c6cc(-c7ccncc7)nc(-c7ccccc7)n6)cc5)cc4)nc3c2n1. The van der Waals surface area contributed by atoms with Gasteiger partial charge in [-0.3, -0.25) is 19.9 Å².